The van der Waals surface area contributed by atoms with Crippen LogP contribution in [0.4, 0.5) is 0 Å². The van der Waals surface area contributed by atoms with Gasteiger partial charge in [0.25, 0.3) is 5.91 Å². The predicted octanol–water partition coefficient (Wildman–Crippen LogP) is 3.90. The van der Waals surface area contributed by atoms with Crippen molar-refractivity contribution in [1.82, 2.24) is 10.2 Å². The number of likely N-dealkylation sites (tertiary alicyclic amines) is 1. The highest BCUT2D eigenvalue weighted by Gasteiger charge is 2.41. The summed E-state index contributed by atoms with van der Waals surface area (Å²) in [5.41, 5.74) is 3.56. The van der Waals surface area contributed by atoms with Crippen LogP contribution in [0.3, 0.4) is 0 Å². The van der Waals surface area contributed by atoms with E-state index in [1.54, 1.807) is 12.0 Å². The first kappa shape index (κ1) is 22.8. The van der Waals surface area contributed by atoms with Crippen molar-refractivity contribution < 1.29 is 23.8 Å². The van der Waals surface area contributed by atoms with Gasteiger partial charge in [-0.3, -0.25) is 9.59 Å². The molecule has 2 aliphatic rings. The maximum Gasteiger partial charge on any atom is 0.253 e. The Hall–Kier alpha value is -4.00. The molecule has 0 radical (unpaired) electrons. The highest BCUT2D eigenvalue weighted by atomic mass is 16.7. The lowest BCUT2D eigenvalue weighted by Crippen LogP contribution is -2.35. The van der Waals surface area contributed by atoms with E-state index in [9.17, 15) is 9.59 Å². The van der Waals surface area contributed by atoms with Crippen LogP contribution in [-0.4, -0.2) is 43.7 Å². The Morgan fingerprint density at radius 3 is 2.57 bits per heavy atom. The van der Waals surface area contributed by atoms with Gasteiger partial charge in [-0.2, -0.15) is 0 Å². The predicted molar refractivity (Wildman–Crippen MR) is 131 cm³/mol. The average Bonchev–Trinajstić information content (AvgIpc) is 3.54. The number of ether oxygens (including phenoxy) is 3. The normalized spacial score (nSPS) is 18.4. The van der Waals surface area contributed by atoms with Crippen molar-refractivity contribution in [3.63, 3.8) is 0 Å². The largest absolute Gasteiger partial charge is 0.496 e. The molecule has 2 atom stereocenters. The van der Waals surface area contributed by atoms with E-state index in [-0.39, 0.29) is 24.5 Å². The van der Waals surface area contributed by atoms with Crippen LogP contribution in [0.1, 0.15) is 33.0 Å². The van der Waals surface area contributed by atoms with Gasteiger partial charge < -0.3 is 24.4 Å². The Morgan fingerprint density at radius 1 is 1.00 bits per heavy atom. The topological polar surface area (TPSA) is 77.1 Å². The number of hydrogen-bond donors (Lipinski definition) is 1. The Bertz CT molecular complexity index is 1240. The van der Waals surface area contributed by atoms with E-state index >= 15 is 0 Å². The van der Waals surface area contributed by atoms with E-state index < -0.39 is 5.92 Å². The SMILES string of the molecule is COc1ccccc1[C@H]1CN(C(=O)c2ccc(C)cc2)C[C@@H]1C(=O)NCc1ccc2c(c1)OCO2. The van der Waals surface area contributed by atoms with Gasteiger partial charge in [-0.05, 0) is 48.4 Å². The number of nitrogens with zero attached hydrogens (tertiary/aromatic N) is 1. The molecule has 2 heterocycles. The van der Waals surface area contributed by atoms with Crippen LogP contribution in [0.15, 0.2) is 66.7 Å². The maximum absolute atomic E-state index is 13.4. The monoisotopic (exact) mass is 472 g/mol. The van der Waals surface area contributed by atoms with Crippen molar-refractivity contribution >= 4 is 11.8 Å². The minimum Gasteiger partial charge on any atom is -0.496 e. The van der Waals surface area contributed by atoms with Crippen LogP contribution in [0.2, 0.25) is 0 Å². The molecule has 1 fully saturated rings. The van der Waals surface area contributed by atoms with E-state index in [1.165, 1.54) is 0 Å². The standard InChI is InChI=1S/C28H28N2O5/c1-18-7-10-20(11-8-18)28(32)30-15-22(21-5-3-4-6-24(21)33-2)23(16-30)27(31)29-14-19-9-12-25-26(13-19)35-17-34-25/h3-13,22-23H,14-17H2,1-2H3,(H,29,31)/t22-,23+/m1/s1. The van der Waals surface area contributed by atoms with Gasteiger partial charge in [0, 0.05) is 31.1 Å². The molecule has 3 aromatic carbocycles. The van der Waals surface area contributed by atoms with E-state index in [0.717, 1.165) is 22.4 Å². The number of hydrogen-bond acceptors (Lipinski definition) is 5. The Balaban J connectivity index is 1.36. The molecule has 7 heteroatoms. The smallest absolute Gasteiger partial charge is 0.253 e. The third-order valence-corrected chi connectivity index (χ3v) is 6.68. The summed E-state index contributed by atoms with van der Waals surface area (Å²) >= 11 is 0. The Kier molecular flexibility index (Phi) is 6.31. The second-order valence-corrected chi connectivity index (χ2v) is 8.94. The fourth-order valence-electron chi connectivity index (χ4n) is 4.77. The minimum absolute atomic E-state index is 0.0732. The molecule has 35 heavy (non-hydrogen) atoms. The van der Waals surface area contributed by atoms with Crippen molar-refractivity contribution in [2.75, 3.05) is 27.0 Å². The summed E-state index contributed by atoms with van der Waals surface area (Å²) in [5, 5.41) is 3.06. The molecule has 0 unspecified atom stereocenters. The number of fused-ring (bicyclic) bond motifs is 1. The summed E-state index contributed by atoms with van der Waals surface area (Å²) in [6.07, 6.45) is 0. The molecule has 3 aromatic rings. The van der Waals surface area contributed by atoms with E-state index in [2.05, 4.69) is 5.32 Å². The number of carbonyl (C=O) groups excluding carboxylic acids is 2. The summed E-state index contributed by atoms with van der Waals surface area (Å²) in [4.78, 5) is 28.5. The van der Waals surface area contributed by atoms with Gasteiger partial charge in [-0.1, -0.05) is 42.0 Å². The van der Waals surface area contributed by atoms with Crippen molar-refractivity contribution in [1.29, 1.82) is 0 Å². The zero-order chi connectivity index (χ0) is 24.4. The number of methoxy groups -OCH3 is 1. The average molecular weight is 473 g/mol. The molecule has 180 valence electrons. The Morgan fingerprint density at radius 2 is 1.77 bits per heavy atom. The van der Waals surface area contributed by atoms with Crippen LogP contribution in [0.5, 0.6) is 17.2 Å². The molecule has 0 bridgehead atoms. The number of rotatable bonds is 6. The fourth-order valence-corrected chi connectivity index (χ4v) is 4.77. The first-order valence-electron chi connectivity index (χ1n) is 11.7. The van der Waals surface area contributed by atoms with Gasteiger partial charge in [0.05, 0.1) is 13.0 Å². The van der Waals surface area contributed by atoms with Crippen molar-refractivity contribution in [2.45, 2.75) is 19.4 Å². The van der Waals surface area contributed by atoms with Crippen LogP contribution >= 0.6 is 0 Å². The zero-order valence-electron chi connectivity index (χ0n) is 19.8. The summed E-state index contributed by atoms with van der Waals surface area (Å²) < 4.78 is 16.4. The second kappa shape index (κ2) is 9.70. The molecule has 0 aromatic heterocycles. The van der Waals surface area contributed by atoms with Crippen molar-refractivity contribution in [3.05, 3.63) is 89.0 Å². The molecule has 5 rings (SSSR count). The van der Waals surface area contributed by atoms with Gasteiger partial charge >= 0.3 is 0 Å². The van der Waals surface area contributed by atoms with Gasteiger partial charge in [0.2, 0.25) is 12.7 Å². The minimum atomic E-state index is -0.408. The quantitative estimate of drug-likeness (QED) is 0.589. The molecular formula is C28H28N2O5. The molecule has 2 amide bonds. The number of amides is 2. The molecular weight excluding hydrogens is 444 g/mol. The van der Waals surface area contributed by atoms with E-state index in [4.69, 9.17) is 14.2 Å². The molecule has 0 aliphatic carbocycles. The molecule has 0 saturated carbocycles. The molecule has 2 aliphatic heterocycles. The zero-order valence-corrected chi connectivity index (χ0v) is 19.8. The van der Waals surface area contributed by atoms with Crippen LogP contribution < -0.4 is 19.5 Å². The number of nitrogens with one attached hydrogen (secondary N) is 1. The molecule has 1 N–H and O–H groups in total. The first-order valence-corrected chi connectivity index (χ1v) is 11.7. The van der Waals surface area contributed by atoms with Crippen molar-refractivity contribution in [3.8, 4) is 17.2 Å². The number of carbonyl (C=O) groups is 2. The summed E-state index contributed by atoms with van der Waals surface area (Å²) in [6, 6.07) is 20.9. The van der Waals surface area contributed by atoms with Gasteiger partial charge in [0.1, 0.15) is 5.75 Å². The van der Waals surface area contributed by atoms with Crippen molar-refractivity contribution in [2.24, 2.45) is 5.92 Å². The summed E-state index contributed by atoms with van der Waals surface area (Å²) in [5.74, 6) is 1.34. The lowest BCUT2D eigenvalue weighted by molar-refractivity contribution is -0.125. The van der Waals surface area contributed by atoms with Crippen LogP contribution in [-0.2, 0) is 11.3 Å². The first-order chi connectivity index (χ1) is 17.0. The lowest BCUT2D eigenvalue weighted by atomic mass is 9.87. The number of para-hydroxylation sites is 1. The fraction of sp³-hybridized carbons (Fsp3) is 0.286. The summed E-state index contributed by atoms with van der Waals surface area (Å²) in [7, 11) is 1.62. The second-order valence-electron chi connectivity index (χ2n) is 8.94. The molecule has 0 spiro atoms. The van der Waals surface area contributed by atoms with E-state index in [1.807, 2.05) is 73.7 Å². The highest BCUT2D eigenvalue weighted by molar-refractivity contribution is 5.95. The highest BCUT2D eigenvalue weighted by Crippen LogP contribution is 2.38. The molecule has 1 saturated heterocycles. The van der Waals surface area contributed by atoms with Crippen LogP contribution in [0.25, 0.3) is 0 Å². The third-order valence-electron chi connectivity index (χ3n) is 6.68. The maximum atomic E-state index is 13.4. The lowest BCUT2D eigenvalue weighted by Gasteiger charge is -2.20. The number of benzene rings is 3. The molecule has 7 nitrogen and oxygen atoms in total. The third kappa shape index (κ3) is 4.67. The van der Waals surface area contributed by atoms with Gasteiger partial charge in [-0.25, -0.2) is 0 Å². The Labute approximate surface area is 204 Å². The van der Waals surface area contributed by atoms with Gasteiger partial charge in [0.15, 0.2) is 11.5 Å². The van der Waals surface area contributed by atoms with Gasteiger partial charge in [-0.15, -0.1) is 0 Å². The van der Waals surface area contributed by atoms with Crippen LogP contribution in [0, 0.1) is 12.8 Å². The summed E-state index contributed by atoms with van der Waals surface area (Å²) in [6.45, 7) is 3.33. The van der Waals surface area contributed by atoms with E-state index in [0.29, 0.717) is 36.7 Å². The number of aryl methyl sites for hydroxylation is 1.